The minimum atomic E-state index is -0.204. The van der Waals surface area contributed by atoms with Crippen LogP contribution in [-0.4, -0.2) is 19.6 Å². The summed E-state index contributed by atoms with van der Waals surface area (Å²) < 4.78 is 1.76. The van der Waals surface area contributed by atoms with Crippen molar-refractivity contribution in [3.63, 3.8) is 0 Å². The van der Waals surface area contributed by atoms with Crippen molar-refractivity contribution in [1.29, 1.82) is 0 Å². The van der Waals surface area contributed by atoms with E-state index >= 15 is 0 Å². The van der Waals surface area contributed by atoms with Crippen LogP contribution in [0.4, 0.5) is 0 Å². The number of rotatable bonds is 2. The molecule has 0 aliphatic heterocycles. The number of aromatic nitrogens is 3. The van der Waals surface area contributed by atoms with E-state index in [4.69, 9.17) is 9.97 Å². The van der Waals surface area contributed by atoms with Gasteiger partial charge in [-0.2, -0.15) is 0 Å². The molecule has 3 rings (SSSR count). The summed E-state index contributed by atoms with van der Waals surface area (Å²) in [6.45, 7) is 15.4. The van der Waals surface area contributed by atoms with Gasteiger partial charge in [0.2, 0.25) is 0 Å². The van der Waals surface area contributed by atoms with E-state index in [0.717, 1.165) is 28.1 Å². The van der Waals surface area contributed by atoms with E-state index in [2.05, 4.69) is 72.8 Å². The van der Waals surface area contributed by atoms with Gasteiger partial charge in [0, 0.05) is 18.5 Å². The van der Waals surface area contributed by atoms with Gasteiger partial charge >= 0.3 is 0 Å². The second-order valence-electron chi connectivity index (χ2n) is 9.41. The van der Waals surface area contributed by atoms with Gasteiger partial charge in [-0.15, -0.1) is 0 Å². The van der Waals surface area contributed by atoms with E-state index in [0.29, 0.717) is 11.8 Å². The molecule has 0 saturated carbocycles. The van der Waals surface area contributed by atoms with Crippen molar-refractivity contribution in [1.82, 2.24) is 14.5 Å². The van der Waals surface area contributed by atoms with Crippen molar-refractivity contribution in [2.75, 3.05) is 0 Å². The summed E-state index contributed by atoms with van der Waals surface area (Å²) in [7, 11) is 1.85. The molecular formula is C22H31N3O. The lowest BCUT2D eigenvalue weighted by atomic mass is 9.75. The van der Waals surface area contributed by atoms with Crippen LogP contribution in [0.1, 0.15) is 65.4 Å². The van der Waals surface area contributed by atoms with Crippen LogP contribution >= 0.6 is 0 Å². The van der Waals surface area contributed by atoms with Gasteiger partial charge in [0.1, 0.15) is 5.52 Å². The molecule has 2 aromatic heterocycles. The highest BCUT2D eigenvalue weighted by molar-refractivity contribution is 5.83. The third kappa shape index (κ3) is 2.85. The summed E-state index contributed by atoms with van der Waals surface area (Å²) in [6, 6.07) is 0. The lowest BCUT2D eigenvalue weighted by Gasteiger charge is -2.29. The maximum Gasteiger partial charge on any atom is 0.198 e. The Labute approximate surface area is 156 Å². The Morgan fingerprint density at radius 3 is 2.04 bits per heavy atom. The third-order valence-electron chi connectivity index (χ3n) is 6.04. The molecular weight excluding hydrogens is 322 g/mol. The van der Waals surface area contributed by atoms with Crippen LogP contribution in [0, 0.1) is 17.3 Å². The molecule has 1 N–H and O–H groups in total. The van der Waals surface area contributed by atoms with Gasteiger partial charge in [0.05, 0.1) is 11.4 Å². The zero-order valence-electron chi connectivity index (χ0n) is 17.3. The molecule has 0 spiro atoms. The first-order valence-corrected chi connectivity index (χ1v) is 9.41. The minimum absolute atomic E-state index is 0.150. The molecule has 0 radical (unpaired) electrons. The summed E-state index contributed by atoms with van der Waals surface area (Å²) in [5.74, 6) is 0.960. The summed E-state index contributed by atoms with van der Waals surface area (Å²) >= 11 is 0. The standard InChI is InChI=1S/C22H31N3O/c1-13(2)22(6,7)17-18-19(25(8)20(17)26)24-16-12-10-14(21(3,4)5)9-11-15(16)23-18/h9-14,26H,1-8H3. The normalized spacial score (nSPS) is 17.8. The van der Waals surface area contributed by atoms with Gasteiger partial charge in [0.15, 0.2) is 11.5 Å². The third-order valence-corrected chi connectivity index (χ3v) is 6.04. The van der Waals surface area contributed by atoms with Crippen molar-refractivity contribution in [2.24, 2.45) is 24.3 Å². The van der Waals surface area contributed by atoms with Gasteiger partial charge in [-0.3, -0.25) is 4.57 Å². The molecule has 1 aliphatic rings. The Morgan fingerprint density at radius 1 is 1.00 bits per heavy atom. The highest BCUT2D eigenvalue weighted by Crippen LogP contribution is 2.42. The first kappa shape index (κ1) is 18.7. The highest BCUT2D eigenvalue weighted by atomic mass is 16.3. The number of hydrogen-bond donors (Lipinski definition) is 1. The Morgan fingerprint density at radius 2 is 1.54 bits per heavy atom. The van der Waals surface area contributed by atoms with Crippen LogP contribution in [0.15, 0.2) is 12.2 Å². The molecule has 0 aromatic carbocycles. The molecule has 2 heterocycles. The quantitative estimate of drug-likeness (QED) is 0.796. The van der Waals surface area contributed by atoms with Crippen LogP contribution in [0.2, 0.25) is 0 Å². The Kier molecular flexibility index (Phi) is 4.29. The first-order valence-electron chi connectivity index (χ1n) is 9.41. The number of aromatic hydroxyl groups is 1. The fraction of sp³-hybridized carbons (Fsp3) is 0.545. The second kappa shape index (κ2) is 5.97. The predicted molar refractivity (Wildman–Crippen MR) is 109 cm³/mol. The zero-order valence-corrected chi connectivity index (χ0v) is 17.3. The van der Waals surface area contributed by atoms with E-state index in [-0.39, 0.29) is 16.7 Å². The Balaban J connectivity index is 2.25. The van der Waals surface area contributed by atoms with Gasteiger partial charge in [-0.05, 0) is 28.9 Å². The lowest BCUT2D eigenvalue weighted by molar-refractivity contribution is 0.345. The largest absolute Gasteiger partial charge is 0.494 e. The van der Waals surface area contributed by atoms with E-state index in [1.165, 1.54) is 0 Å². The summed E-state index contributed by atoms with van der Waals surface area (Å²) in [4.78, 5) is 9.79. The molecule has 0 amide bonds. The average molecular weight is 354 g/mol. The van der Waals surface area contributed by atoms with Crippen LogP contribution < -0.4 is 0 Å². The van der Waals surface area contributed by atoms with E-state index in [1.54, 1.807) is 4.57 Å². The molecule has 0 bridgehead atoms. The predicted octanol–water partition coefficient (Wildman–Crippen LogP) is 5.31. The monoisotopic (exact) mass is 353 g/mol. The van der Waals surface area contributed by atoms with Gasteiger partial charge in [0.25, 0.3) is 0 Å². The fourth-order valence-corrected chi connectivity index (χ4v) is 3.39. The van der Waals surface area contributed by atoms with Crippen molar-refractivity contribution >= 4 is 23.3 Å². The molecule has 1 aliphatic carbocycles. The van der Waals surface area contributed by atoms with Crippen molar-refractivity contribution in [2.45, 2.75) is 53.9 Å². The number of allylic oxidation sites excluding steroid dienone is 2. The molecule has 1 unspecified atom stereocenters. The smallest absolute Gasteiger partial charge is 0.198 e. The molecule has 2 aromatic rings. The van der Waals surface area contributed by atoms with Crippen molar-refractivity contribution in [3.05, 3.63) is 29.1 Å². The van der Waals surface area contributed by atoms with Crippen molar-refractivity contribution in [3.8, 4) is 5.88 Å². The fourth-order valence-electron chi connectivity index (χ4n) is 3.39. The SMILES string of the molecule is CC(C)C(C)(C)c1c(O)n(C)c2nc3c(nc12)C=CC(C(C)(C)C)C=C3. The summed E-state index contributed by atoms with van der Waals surface area (Å²) in [5, 5.41) is 10.8. The van der Waals surface area contributed by atoms with E-state index in [9.17, 15) is 5.11 Å². The van der Waals surface area contributed by atoms with Crippen LogP contribution in [-0.2, 0) is 12.5 Å². The summed E-state index contributed by atoms with van der Waals surface area (Å²) in [6.07, 6.45) is 8.55. The maximum absolute atomic E-state index is 10.8. The zero-order chi connectivity index (χ0) is 19.4. The van der Waals surface area contributed by atoms with E-state index < -0.39 is 0 Å². The molecule has 1 atom stereocenters. The topological polar surface area (TPSA) is 50.9 Å². The number of aryl methyl sites for hydroxylation is 1. The minimum Gasteiger partial charge on any atom is -0.494 e. The second-order valence-corrected chi connectivity index (χ2v) is 9.41. The maximum atomic E-state index is 10.8. The molecule has 0 saturated heterocycles. The van der Waals surface area contributed by atoms with Crippen LogP contribution in [0.5, 0.6) is 5.88 Å². The van der Waals surface area contributed by atoms with Gasteiger partial charge in [-0.25, -0.2) is 9.97 Å². The molecule has 0 fully saturated rings. The number of hydrogen-bond acceptors (Lipinski definition) is 3. The Hall–Kier alpha value is -2.10. The number of nitrogens with zero attached hydrogens (tertiary/aromatic N) is 3. The molecule has 4 nitrogen and oxygen atoms in total. The highest BCUT2D eigenvalue weighted by Gasteiger charge is 2.34. The lowest BCUT2D eigenvalue weighted by Crippen LogP contribution is -2.24. The van der Waals surface area contributed by atoms with Crippen molar-refractivity contribution < 1.29 is 5.11 Å². The number of fused-ring (bicyclic) bond motifs is 2. The Bertz CT molecular complexity index is 908. The summed E-state index contributed by atoms with van der Waals surface area (Å²) in [5.41, 5.74) is 4.09. The molecule has 4 heteroatoms. The van der Waals surface area contributed by atoms with Crippen LogP contribution in [0.3, 0.4) is 0 Å². The van der Waals surface area contributed by atoms with E-state index in [1.807, 2.05) is 7.05 Å². The first-order chi connectivity index (χ1) is 11.9. The molecule has 140 valence electrons. The average Bonchev–Trinajstić information content (AvgIpc) is 2.69. The van der Waals surface area contributed by atoms with Gasteiger partial charge < -0.3 is 5.11 Å². The van der Waals surface area contributed by atoms with Gasteiger partial charge in [-0.1, -0.05) is 60.6 Å². The van der Waals surface area contributed by atoms with Crippen LogP contribution in [0.25, 0.3) is 23.3 Å². The molecule has 26 heavy (non-hydrogen) atoms.